The predicted octanol–water partition coefficient (Wildman–Crippen LogP) is 5.47. The van der Waals surface area contributed by atoms with E-state index in [1.807, 2.05) is 12.1 Å². The molecular weight excluding hydrogens is 395 g/mol. The molecule has 0 fully saturated rings. The van der Waals surface area contributed by atoms with E-state index in [-0.39, 0.29) is 12.4 Å². The molecule has 0 atom stereocenters. The van der Waals surface area contributed by atoms with Gasteiger partial charge in [0, 0.05) is 0 Å². The SMILES string of the molecule is COc1ccc(Cc2ccccc2P(c2ccccc2)c2ccccc2)cc1.Cl. The average Bonchev–Trinajstić information content (AvgIpc) is 2.77. The van der Waals surface area contributed by atoms with E-state index >= 15 is 0 Å². The number of ether oxygens (including phenoxy) is 1. The van der Waals surface area contributed by atoms with Crippen LogP contribution in [0.4, 0.5) is 0 Å². The molecule has 0 saturated heterocycles. The fourth-order valence-electron chi connectivity index (χ4n) is 3.42. The van der Waals surface area contributed by atoms with Gasteiger partial charge in [-0.2, -0.15) is 0 Å². The van der Waals surface area contributed by atoms with Crippen molar-refractivity contribution in [1.29, 1.82) is 0 Å². The van der Waals surface area contributed by atoms with E-state index in [1.165, 1.54) is 27.0 Å². The normalized spacial score (nSPS) is 10.4. The Labute approximate surface area is 180 Å². The lowest BCUT2D eigenvalue weighted by atomic mass is 10.1. The van der Waals surface area contributed by atoms with Crippen LogP contribution in [0.15, 0.2) is 109 Å². The third-order valence-corrected chi connectivity index (χ3v) is 7.36. The molecule has 0 unspecified atom stereocenters. The molecule has 0 spiro atoms. The summed E-state index contributed by atoms with van der Waals surface area (Å²) in [5, 5.41) is 4.18. The highest BCUT2D eigenvalue weighted by atomic mass is 35.5. The zero-order valence-corrected chi connectivity index (χ0v) is 18.1. The quantitative estimate of drug-likeness (QED) is 0.377. The van der Waals surface area contributed by atoms with Gasteiger partial charge in [0.1, 0.15) is 5.75 Å². The van der Waals surface area contributed by atoms with Crippen LogP contribution in [0.5, 0.6) is 5.75 Å². The Morgan fingerprint density at radius 2 is 1.14 bits per heavy atom. The average molecular weight is 419 g/mol. The molecule has 0 aliphatic rings. The van der Waals surface area contributed by atoms with Gasteiger partial charge in [-0.05, 0) is 53.5 Å². The Kier molecular flexibility index (Phi) is 7.47. The lowest BCUT2D eigenvalue weighted by Crippen LogP contribution is -2.23. The summed E-state index contributed by atoms with van der Waals surface area (Å²) >= 11 is 0. The van der Waals surface area contributed by atoms with Crippen molar-refractivity contribution in [3.8, 4) is 5.75 Å². The number of halogens is 1. The predicted molar refractivity (Wildman–Crippen MR) is 128 cm³/mol. The van der Waals surface area contributed by atoms with Gasteiger partial charge < -0.3 is 4.74 Å². The van der Waals surface area contributed by atoms with Crippen LogP contribution in [0.25, 0.3) is 0 Å². The Morgan fingerprint density at radius 3 is 1.69 bits per heavy atom. The first-order valence-corrected chi connectivity index (χ1v) is 10.8. The second-order valence-corrected chi connectivity index (χ2v) is 8.85. The number of hydrogen-bond donors (Lipinski definition) is 0. The largest absolute Gasteiger partial charge is 0.497 e. The molecule has 0 saturated carbocycles. The third-order valence-electron chi connectivity index (χ3n) is 4.81. The highest BCUT2D eigenvalue weighted by Crippen LogP contribution is 2.34. The first-order valence-electron chi connectivity index (χ1n) is 9.46. The highest BCUT2D eigenvalue weighted by molar-refractivity contribution is 7.79. The molecule has 0 aliphatic carbocycles. The first-order chi connectivity index (χ1) is 13.8. The first kappa shape index (κ1) is 21.1. The zero-order chi connectivity index (χ0) is 19.2. The molecule has 146 valence electrons. The monoisotopic (exact) mass is 418 g/mol. The van der Waals surface area contributed by atoms with E-state index in [0.717, 1.165) is 12.2 Å². The van der Waals surface area contributed by atoms with Crippen LogP contribution >= 0.6 is 20.3 Å². The van der Waals surface area contributed by atoms with Crippen molar-refractivity contribution < 1.29 is 4.74 Å². The topological polar surface area (TPSA) is 9.23 Å². The van der Waals surface area contributed by atoms with Crippen molar-refractivity contribution in [3.63, 3.8) is 0 Å². The molecule has 0 heterocycles. The van der Waals surface area contributed by atoms with Gasteiger partial charge in [0.25, 0.3) is 0 Å². The number of hydrogen-bond acceptors (Lipinski definition) is 1. The van der Waals surface area contributed by atoms with Crippen LogP contribution in [-0.4, -0.2) is 7.11 Å². The van der Waals surface area contributed by atoms with Crippen molar-refractivity contribution in [1.82, 2.24) is 0 Å². The van der Waals surface area contributed by atoms with E-state index in [2.05, 4.69) is 97.1 Å². The van der Waals surface area contributed by atoms with Crippen LogP contribution in [0.2, 0.25) is 0 Å². The van der Waals surface area contributed by atoms with Crippen LogP contribution < -0.4 is 20.7 Å². The minimum absolute atomic E-state index is 0. The van der Waals surface area contributed by atoms with Gasteiger partial charge in [-0.15, -0.1) is 12.4 Å². The van der Waals surface area contributed by atoms with Gasteiger partial charge in [-0.3, -0.25) is 0 Å². The summed E-state index contributed by atoms with van der Waals surface area (Å²) in [5.41, 5.74) is 2.68. The van der Waals surface area contributed by atoms with Crippen molar-refractivity contribution >= 4 is 36.2 Å². The number of rotatable bonds is 6. The van der Waals surface area contributed by atoms with Crippen molar-refractivity contribution in [2.45, 2.75) is 6.42 Å². The van der Waals surface area contributed by atoms with E-state index in [9.17, 15) is 0 Å². The summed E-state index contributed by atoms with van der Waals surface area (Å²) < 4.78 is 5.30. The molecule has 0 amide bonds. The third kappa shape index (κ3) is 5.07. The summed E-state index contributed by atoms with van der Waals surface area (Å²) in [4.78, 5) is 0. The summed E-state index contributed by atoms with van der Waals surface area (Å²) in [6.45, 7) is 0. The van der Waals surface area contributed by atoms with Gasteiger partial charge in [-0.1, -0.05) is 97.1 Å². The van der Waals surface area contributed by atoms with E-state index in [1.54, 1.807) is 7.11 Å². The molecular formula is C26H24ClOP. The zero-order valence-electron chi connectivity index (χ0n) is 16.4. The summed E-state index contributed by atoms with van der Waals surface area (Å²) in [6, 6.07) is 39.0. The van der Waals surface area contributed by atoms with Gasteiger partial charge in [-0.25, -0.2) is 0 Å². The molecule has 4 aromatic rings. The molecule has 0 bridgehead atoms. The van der Waals surface area contributed by atoms with E-state index < -0.39 is 7.92 Å². The van der Waals surface area contributed by atoms with Gasteiger partial charge in [0.05, 0.1) is 7.11 Å². The maximum absolute atomic E-state index is 5.30. The summed E-state index contributed by atoms with van der Waals surface area (Å²) in [5.74, 6) is 0.896. The molecule has 4 aromatic carbocycles. The Balaban J connectivity index is 0.00000240. The molecule has 0 aliphatic heterocycles. The summed E-state index contributed by atoms with van der Waals surface area (Å²) in [6.07, 6.45) is 0.915. The Hall–Kier alpha value is -2.60. The maximum atomic E-state index is 5.30. The lowest BCUT2D eigenvalue weighted by molar-refractivity contribution is 0.414. The standard InChI is InChI=1S/C26H23OP.ClH/c1-27-23-18-16-21(17-19-23)20-22-10-8-9-15-26(22)28(24-11-4-2-5-12-24)25-13-6-3-7-14-25;/h2-19H,20H2,1H3;1H. The molecule has 4 rings (SSSR count). The van der Waals surface area contributed by atoms with E-state index in [0.29, 0.717) is 0 Å². The fourth-order valence-corrected chi connectivity index (χ4v) is 5.89. The summed E-state index contributed by atoms with van der Waals surface area (Å²) in [7, 11) is 1.11. The molecule has 0 aromatic heterocycles. The van der Waals surface area contributed by atoms with Crippen molar-refractivity contribution in [2.24, 2.45) is 0 Å². The lowest BCUT2D eigenvalue weighted by Gasteiger charge is -2.22. The molecule has 29 heavy (non-hydrogen) atoms. The van der Waals surface area contributed by atoms with Gasteiger partial charge in [0.15, 0.2) is 0 Å². The van der Waals surface area contributed by atoms with Crippen LogP contribution in [0.1, 0.15) is 11.1 Å². The van der Waals surface area contributed by atoms with Crippen molar-refractivity contribution in [3.05, 3.63) is 120 Å². The van der Waals surface area contributed by atoms with Crippen molar-refractivity contribution in [2.75, 3.05) is 7.11 Å². The van der Waals surface area contributed by atoms with Gasteiger partial charge in [0.2, 0.25) is 0 Å². The van der Waals surface area contributed by atoms with E-state index in [4.69, 9.17) is 4.74 Å². The second-order valence-electron chi connectivity index (χ2n) is 6.66. The number of methoxy groups -OCH3 is 1. The minimum Gasteiger partial charge on any atom is -0.497 e. The van der Waals surface area contributed by atoms with Crippen LogP contribution in [-0.2, 0) is 6.42 Å². The van der Waals surface area contributed by atoms with Gasteiger partial charge >= 0.3 is 0 Å². The Morgan fingerprint density at radius 1 is 0.621 bits per heavy atom. The molecule has 1 nitrogen and oxygen atoms in total. The molecule has 0 N–H and O–H groups in total. The minimum atomic E-state index is -0.597. The smallest absolute Gasteiger partial charge is 0.118 e. The van der Waals surface area contributed by atoms with Crippen LogP contribution in [0.3, 0.4) is 0 Å². The fraction of sp³-hybridized carbons (Fsp3) is 0.0769. The highest BCUT2D eigenvalue weighted by Gasteiger charge is 2.19. The van der Waals surface area contributed by atoms with Crippen LogP contribution in [0, 0.1) is 0 Å². The molecule has 0 radical (unpaired) electrons. The Bertz CT molecular complexity index is 978. The number of benzene rings is 4. The maximum Gasteiger partial charge on any atom is 0.118 e. The second kappa shape index (κ2) is 10.3. The molecule has 3 heteroatoms.